The van der Waals surface area contributed by atoms with Crippen LogP contribution in [0.4, 0.5) is 5.95 Å². The summed E-state index contributed by atoms with van der Waals surface area (Å²) in [4.78, 5) is 25.6. The average Bonchev–Trinajstić information content (AvgIpc) is 2.76. The molecule has 1 aromatic carbocycles. The lowest BCUT2D eigenvalue weighted by molar-refractivity contribution is 0.0745. The molecule has 0 spiro atoms. The van der Waals surface area contributed by atoms with Crippen molar-refractivity contribution in [1.82, 2.24) is 14.9 Å². The molecule has 1 fully saturated rings. The Morgan fingerprint density at radius 3 is 1.97 bits per heavy atom. The summed E-state index contributed by atoms with van der Waals surface area (Å²) in [7, 11) is 0. The van der Waals surface area contributed by atoms with E-state index in [9.17, 15) is 4.79 Å². The number of nitrogens with zero attached hydrogens (tertiary/aromatic N) is 4. The fraction of sp³-hybridized carbons (Fsp3) is 0.476. The summed E-state index contributed by atoms with van der Waals surface area (Å²) in [5.41, 5.74) is 0.532. The molecule has 0 bridgehead atoms. The van der Waals surface area contributed by atoms with Crippen LogP contribution in [0.15, 0.2) is 30.6 Å². The van der Waals surface area contributed by atoms with Gasteiger partial charge in [-0.05, 0) is 39.0 Å². The second kappa shape index (κ2) is 9.95. The van der Waals surface area contributed by atoms with Crippen molar-refractivity contribution in [2.45, 2.75) is 20.8 Å². The van der Waals surface area contributed by atoms with Crippen LogP contribution >= 0.6 is 0 Å². The molecular weight excluding hydrogens is 372 g/mol. The lowest BCUT2D eigenvalue weighted by Gasteiger charge is -2.34. The number of amides is 1. The molecule has 2 heterocycles. The molecule has 8 nitrogen and oxygen atoms in total. The molecule has 156 valence electrons. The summed E-state index contributed by atoms with van der Waals surface area (Å²) < 4.78 is 17.2. The number of ether oxygens (including phenoxy) is 3. The van der Waals surface area contributed by atoms with Crippen molar-refractivity contribution in [2.24, 2.45) is 0 Å². The normalized spacial score (nSPS) is 13.9. The van der Waals surface area contributed by atoms with E-state index in [2.05, 4.69) is 14.9 Å². The van der Waals surface area contributed by atoms with Crippen molar-refractivity contribution >= 4 is 11.9 Å². The van der Waals surface area contributed by atoms with Crippen LogP contribution in [0, 0.1) is 0 Å². The van der Waals surface area contributed by atoms with E-state index in [0.717, 1.165) is 0 Å². The minimum Gasteiger partial charge on any atom is -0.490 e. The average molecular weight is 400 g/mol. The Morgan fingerprint density at radius 2 is 1.45 bits per heavy atom. The van der Waals surface area contributed by atoms with Crippen LogP contribution < -0.4 is 19.1 Å². The van der Waals surface area contributed by atoms with Gasteiger partial charge in [0, 0.05) is 44.1 Å². The van der Waals surface area contributed by atoms with Gasteiger partial charge in [-0.2, -0.15) is 0 Å². The van der Waals surface area contributed by atoms with Crippen molar-refractivity contribution in [3.8, 4) is 17.2 Å². The highest BCUT2D eigenvalue weighted by Crippen LogP contribution is 2.39. The lowest BCUT2D eigenvalue weighted by Crippen LogP contribution is -2.49. The zero-order valence-electron chi connectivity index (χ0n) is 17.3. The molecule has 3 rings (SSSR count). The molecule has 8 heteroatoms. The van der Waals surface area contributed by atoms with Crippen LogP contribution in [0.1, 0.15) is 31.1 Å². The first-order valence-electron chi connectivity index (χ1n) is 10.1. The van der Waals surface area contributed by atoms with Gasteiger partial charge in [-0.3, -0.25) is 4.79 Å². The first-order valence-corrected chi connectivity index (χ1v) is 10.1. The van der Waals surface area contributed by atoms with Gasteiger partial charge >= 0.3 is 0 Å². The zero-order chi connectivity index (χ0) is 20.6. The Kier molecular flexibility index (Phi) is 7.10. The third-order valence-electron chi connectivity index (χ3n) is 4.56. The number of hydrogen-bond donors (Lipinski definition) is 0. The molecule has 0 atom stereocenters. The molecule has 0 N–H and O–H groups in total. The Balaban J connectivity index is 1.78. The van der Waals surface area contributed by atoms with Gasteiger partial charge in [0.1, 0.15) is 0 Å². The summed E-state index contributed by atoms with van der Waals surface area (Å²) >= 11 is 0. The first kappa shape index (κ1) is 20.7. The molecule has 0 unspecified atom stereocenters. The summed E-state index contributed by atoms with van der Waals surface area (Å²) in [5.74, 6) is 2.24. The van der Waals surface area contributed by atoms with Gasteiger partial charge in [-0.25, -0.2) is 9.97 Å². The molecule has 29 heavy (non-hydrogen) atoms. The molecule has 1 amide bonds. The van der Waals surface area contributed by atoms with E-state index in [1.807, 2.05) is 25.7 Å². The quantitative estimate of drug-likeness (QED) is 0.674. The van der Waals surface area contributed by atoms with Crippen LogP contribution in [0.2, 0.25) is 0 Å². The van der Waals surface area contributed by atoms with Gasteiger partial charge < -0.3 is 24.0 Å². The zero-order valence-corrected chi connectivity index (χ0v) is 17.3. The molecule has 1 aliphatic rings. The van der Waals surface area contributed by atoms with Crippen molar-refractivity contribution in [3.05, 3.63) is 36.2 Å². The van der Waals surface area contributed by atoms with Crippen molar-refractivity contribution < 1.29 is 19.0 Å². The van der Waals surface area contributed by atoms with Gasteiger partial charge in [0.15, 0.2) is 11.5 Å². The number of carbonyl (C=O) groups is 1. The SMILES string of the molecule is CCOc1cc(C(=O)N2CCN(c3ncccn3)CC2)cc(OCC)c1OCC. The Bertz CT molecular complexity index is 781. The van der Waals surface area contributed by atoms with E-state index in [1.54, 1.807) is 30.6 Å². The summed E-state index contributed by atoms with van der Waals surface area (Å²) in [5, 5.41) is 0. The number of carbonyl (C=O) groups excluding carboxylic acids is 1. The van der Waals surface area contributed by atoms with Gasteiger partial charge in [0.05, 0.1) is 19.8 Å². The fourth-order valence-electron chi connectivity index (χ4n) is 3.26. The van der Waals surface area contributed by atoms with Gasteiger partial charge in [-0.15, -0.1) is 0 Å². The minimum atomic E-state index is -0.0522. The number of aromatic nitrogens is 2. The van der Waals surface area contributed by atoms with Crippen LogP contribution in [-0.2, 0) is 0 Å². The first-order chi connectivity index (χ1) is 14.2. The molecule has 2 aromatic rings. The fourth-order valence-corrected chi connectivity index (χ4v) is 3.26. The summed E-state index contributed by atoms with van der Waals surface area (Å²) in [6.45, 7) is 9.68. The molecule has 0 saturated carbocycles. The molecule has 1 aliphatic heterocycles. The Hall–Kier alpha value is -3.03. The van der Waals surface area contributed by atoms with Gasteiger partial charge in [-0.1, -0.05) is 0 Å². The Morgan fingerprint density at radius 1 is 0.897 bits per heavy atom. The van der Waals surface area contributed by atoms with Crippen molar-refractivity contribution in [3.63, 3.8) is 0 Å². The molecule has 1 aromatic heterocycles. The van der Waals surface area contributed by atoms with E-state index in [-0.39, 0.29) is 5.91 Å². The van der Waals surface area contributed by atoms with Crippen LogP contribution in [-0.4, -0.2) is 66.8 Å². The van der Waals surface area contributed by atoms with E-state index in [0.29, 0.717) is 74.8 Å². The Labute approximate surface area is 171 Å². The maximum Gasteiger partial charge on any atom is 0.254 e. The highest BCUT2D eigenvalue weighted by Gasteiger charge is 2.26. The number of hydrogen-bond acceptors (Lipinski definition) is 7. The maximum absolute atomic E-state index is 13.1. The third-order valence-corrected chi connectivity index (χ3v) is 4.56. The summed E-state index contributed by atoms with van der Waals surface area (Å²) in [6.07, 6.45) is 3.45. The molecular formula is C21H28N4O4. The number of rotatable bonds is 8. The number of anilines is 1. The van der Waals surface area contributed by atoms with E-state index < -0.39 is 0 Å². The minimum absolute atomic E-state index is 0.0522. The van der Waals surface area contributed by atoms with E-state index in [4.69, 9.17) is 14.2 Å². The van der Waals surface area contributed by atoms with Crippen molar-refractivity contribution in [2.75, 3.05) is 50.9 Å². The van der Waals surface area contributed by atoms with Gasteiger partial charge in [0.2, 0.25) is 11.7 Å². The third kappa shape index (κ3) is 4.88. The monoisotopic (exact) mass is 400 g/mol. The van der Waals surface area contributed by atoms with Crippen LogP contribution in [0.5, 0.6) is 17.2 Å². The van der Waals surface area contributed by atoms with E-state index >= 15 is 0 Å². The summed E-state index contributed by atoms with van der Waals surface area (Å²) in [6, 6.07) is 5.28. The molecule has 1 saturated heterocycles. The highest BCUT2D eigenvalue weighted by molar-refractivity contribution is 5.95. The second-order valence-corrected chi connectivity index (χ2v) is 6.43. The molecule has 0 radical (unpaired) electrons. The highest BCUT2D eigenvalue weighted by atomic mass is 16.5. The standard InChI is InChI=1S/C21H28N4O4/c1-4-27-17-14-16(15-18(28-5-2)19(17)29-6-3)20(26)24-10-12-25(13-11-24)21-22-8-7-9-23-21/h7-9,14-15H,4-6,10-13H2,1-3H3. The lowest BCUT2D eigenvalue weighted by atomic mass is 10.1. The van der Waals surface area contributed by atoms with E-state index in [1.165, 1.54) is 0 Å². The topological polar surface area (TPSA) is 77.0 Å². The molecule has 0 aliphatic carbocycles. The largest absolute Gasteiger partial charge is 0.490 e. The maximum atomic E-state index is 13.1. The van der Waals surface area contributed by atoms with Crippen LogP contribution in [0.3, 0.4) is 0 Å². The smallest absolute Gasteiger partial charge is 0.254 e. The van der Waals surface area contributed by atoms with Crippen molar-refractivity contribution in [1.29, 1.82) is 0 Å². The second-order valence-electron chi connectivity index (χ2n) is 6.43. The number of benzene rings is 1. The van der Waals surface area contributed by atoms with Crippen LogP contribution in [0.25, 0.3) is 0 Å². The predicted octanol–water partition coefficient (Wildman–Crippen LogP) is 2.64. The van der Waals surface area contributed by atoms with Gasteiger partial charge in [0.25, 0.3) is 5.91 Å². The number of piperazine rings is 1. The predicted molar refractivity (Wildman–Crippen MR) is 110 cm³/mol.